The maximum atomic E-state index is 12.0. The molecular formula is C14H23NO2. The summed E-state index contributed by atoms with van der Waals surface area (Å²) in [5.74, 6) is 2.54. The number of ether oxygens (including phenoxy) is 1. The van der Waals surface area contributed by atoms with Gasteiger partial charge in [0.1, 0.15) is 11.6 Å². The van der Waals surface area contributed by atoms with Crippen molar-refractivity contribution in [1.82, 2.24) is 4.90 Å². The minimum Gasteiger partial charge on any atom is -0.459 e. The van der Waals surface area contributed by atoms with Crippen molar-refractivity contribution in [3.05, 3.63) is 0 Å². The standard InChI is InChI=1S/C14H23NO2/c1-5-6-7-10-15-11-8-9-12(15)13(16)17-14(2,3)4/h1,12H,6-11H2,2-4H3/t12-/m1/s1. The van der Waals surface area contributed by atoms with Crippen molar-refractivity contribution in [3.63, 3.8) is 0 Å². The highest BCUT2D eigenvalue weighted by atomic mass is 16.6. The van der Waals surface area contributed by atoms with Crippen LogP contribution in [0.25, 0.3) is 0 Å². The van der Waals surface area contributed by atoms with Gasteiger partial charge in [-0.1, -0.05) is 0 Å². The molecule has 0 spiro atoms. The number of nitrogens with zero attached hydrogens (tertiary/aromatic N) is 1. The number of terminal acetylenes is 1. The average molecular weight is 237 g/mol. The van der Waals surface area contributed by atoms with Crippen LogP contribution in [0.15, 0.2) is 0 Å². The fourth-order valence-corrected chi connectivity index (χ4v) is 2.11. The first-order chi connectivity index (χ1) is 7.94. The van der Waals surface area contributed by atoms with Crippen LogP contribution in [-0.4, -0.2) is 35.6 Å². The smallest absolute Gasteiger partial charge is 0.323 e. The molecule has 0 radical (unpaired) electrons. The van der Waals surface area contributed by atoms with Gasteiger partial charge in [0, 0.05) is 6.42 Å². The lowest BCUT2D eigenvalue weighted by molar-refractivity contribution is -0.160. The van der Waals surface area contributed by atoms with E-state index in [1.807, 2.05) is 20.8 Å². The minimum atomic E-state index is -0.399. The van der Waals surface area contributed by atoms with E-state index in [1.54, 1.807) is 0 Å². The van der Waals surface area contributed by atoms with E-state index in [2.05, 4.69) is 10.8 Å². The summed E-state index contributed by atoms with van der Waals surface area (Å²) in [5, 5.41) is 0. The zero-order valence-electron chi connectivity index (χ0n) is 11.2. The summed E-state index contributed by atoms with van der Waals surface area (Å²) in [6, 6.07) is -0.0630. The molecule has 0 aromatic rings. The number of carbonyl (C=O) groups is 1. The second-order valence-electron chi connectivity index (χ2n) is 5.54. The largest absolute Gasteiger partial charge is 0.459 e. The molecule has 96 valence electrons. The highest BCUT2D eigenvalue weighted by molar-refractivity contribution is 5.76. The van der Waals surface area contributed by atoms with Crippen LogP contribution in [0, 0.1) is 12.3 Å². The lowest BCUT2D eigenvalue weighted by Crippen LogP contribution is -2.40. The van der Waals surface area contributed by atoms with E-state index < -0.39 is 5.60 Å². The Balaban J connectivity index is 2.46. The molecule has 1 saturated heterocycles. The second-order valence-corrected chi connectivity index (χ2v) is 5.54. The van der Waals surface area contributed by atoms with Crippen LogP contribution in [0.2, 0.25) is 0 Å². The van der Waals surface area contributed by atoms with Gasteiger partial charge in [0.05, 0.1) is 0 Å². The monoisotopic (exact) mass is 237 g/mol. The first-order valence-corrected chi connectivity index (χ1v) is 6.34. The van der Waals surface area contributed by atoms with E-state index in [9.17, 15) is 4.79 Å². The third-order valence-electron chi connectivity index (χ3n) is 2.81. The SMILES string of the molecule is C#CCCCN1CCC[C@@H]1C(=O)OC(C)(C)C. The van der Waals surface area contributed by atoms with Gasteiger partial charge in [-0.2, -0.15) is 0 Å². The van der Waals surface area contributed by atoms with Crippen LogP contribution in [0.3, 0.4) is 0 Å². The van der Waals surface area contributed by atoms with Crippen molar-refractivity contribution in [2.75, 3.05) is 13.1 Å². The lowest BCUT2D eigenvalue weighted by atomic mass is 10.1. The summed E-state index contributed by atoms with van der Waals surface area (Å²) in [4.78, 5) is 14.2. The van der Waals surface area contributed by atoms with Gasteiger partial charge in [0.25, 0.3) is 0 Å². The van der Waals surface area contributed by atoms with Gasteiger partial charge in [-0.05, 0) is 53.1 Å². The number of rotatable bonds is 4. The van der Waals surface area contributed by atoms with Crippen LogP contribution in [0.5, 0.6) is 0 Å². The maximum Gasteiger partial charge on any atom is 0.323 e. The number of hydrogen-bond acceptors (Lipinski definition) is 3. The summed E-state index contributed by atoms with van der Waals surface area (Å²) in [7, 11) is 0. The Morgan fingerprint density at radius 3 is 2.82 bits per heavy atom. The molecule has 0 aromatic heterocycles. The van der Waals surface area contributed by atoms with Crippen molar-refractivity contribution in [2.45, 2.75) is 58.1 Å². The molecule has 1 aliphatic heterocycles. The quantitative estimate of drug-likeness (QED) is 0.426. The molecule has 0 aromatic carbocycles. The molecule has 0 aliphatic carbocycles. The van der Waals surface area contributed by atoms with Gasteiger partial charge in [-0.15, -0.1) is 12.3 Å². The van der Waals surface area contributed by atoms with Gasteiger partial charge in [-0.25, -0.2) is 0 Å². The van der Waals surface area contributed by atoms with E-state index in [-0.39, 0.29) is 12.0 Å². The third kappa shape index (κ3) is 4.79. The normalized spacial score (nSPS) is 21.2. The van der Waals surface area contributed by atoms with Crippen molar-refractivity contribution < 1.29 is 9.53 Å². The zero-order chi connectivity index (χ0) is 12.9. The van der Waals surface area contributed by atoms with E-state index in [0.29, 0.717) is 0 Å². The fourth-order valence-electron chi connectivity index (χ4n) is 2.11. The van der Waals surface area contributed by atoms with Gasteiger partial charge in [0.2, 0.25) is 0 Å². The highest BCUT2D eigenvalue weighted by Gasteiger charge is 2.33. The third-order valence-corrected chi connectivity index (χ3v) is 2.81. The molecule has 0 bridgehead atoms. The predicted octanol–water partition coefficient (Wildman–Crippen LogP) is 2.21. The summed E-state index contributed by atoms with van der Waals surface area (Å²) in [5.41, 5.74) is -0.399. The van der Waals surface area contributed by atoms with E-state index in [4.69, 9.17) is 11.2 Å². The Labute approximate surface area is 105 Å². The summed E-state index contributed by atoms with van der Waals surface area (Å²) >= 11 is 0. The number of unbranched alkanes of at least 4 members (excludes halogenated alkanes) is 1. The summed E-state index contributed by atoms with van der Waals surface area (Å²) in [6.45, 7) is 7.59. The maximum absolute atomic E-state index is 12.0. The Kier molecular flexibility index (Phi) is 5.02. The fraction of sp³-hybridized carbons (Fsp3) is 0.786. The van der Waals surface area contributed by atoms with E-state index in [1.165, 1.54) is 0 Å². The summed E-state index contributed by atoms with van der Waals surface area (Å²) < 4.78 is 5.44. The topological polar surface area (TPSA) is 29.5 Å². The van der Waals surface area contributed by atoms with Gasteiger partial charge in [0.15, 0.2) is 0 Å². The Bertz CT molecular complexity index is 298. The lowest BCUT2D eigenvalue weighted by Gasteiger charge is -2.27. The molecule has 1 aliphatic rings. The van der Waals surface area contributed by atoms with Crippen molar-refractivity contribution in [2.24, 2.45) is 0 Å². The zero-order valence-corrected chi connectivity index (χ0v) is 11.2. The number of hydrogen-bond donors (Lipinski definition) is 0. The van der Waals surface area contributed by atoms with Crippen LogP contribution in [0.4, 0.5) is 0 Å². The molecule has 0 amide bonds. The van der Waals surface area contributed by atoms with Gasteiger partial charge >= 0.3 is 5.97 Å². The molecule has 0 N–H and O–H groups in total. The minimum absolute atomic E-state index is 0.0630. The highest BCUT2D eigenvalue weighted by Crippen LogP contribution is 2.21. The predicted molar refractivity (Wildman–Crippen MR) is 68.5 cm³/mol. The number of esters is 1. The molecule has 1 heterocycles. The molecule has 17 heavy (non-hydrogen) atoms. The molecule has 3 nitrogen and oxygen atoms in total. The van der Waals surface area contributed by atoms with Crippen LogP contribution in [0.1, 0.15) is 46.5 Å². The first kappa shape index (κ1) is 14.1. The molecule has 1 rings (SSSR count). The number of likely N-dealkylation sites (tertiary alicyclic amines) is 1. The van der Waals surface area contributed by atoms with E-state index >= 15 is 0 Å². The Morgan fingerprint density at radius 2 is 2.24 bits per heavy atom. The number of carbonyl (C=O) groups excluding carboxylic acids is 1. The van der Waals surface area contributed by atoms with Crippen molar-refractivity contribution >= 4 is 5.97 Å². The first-order valence-electron chi connectivity index (χ1n) is 6.34. The molecule has 1 fully saturated rings. The van der Waals surface area contributed by atoms with Crippen LogP contribution in [-0.2, 0) is 9.53 Å². The van der Waals surface area contributed by atoms with Gasteiger partial charge < -0.3 is 4.74 Å². The van der Waals surface area contributed by atoms with Crippen LogP contribution < -0.4 is 0 Å². The molecule has 3 heteroatoms. The summed E-state index contributed by atoms with van der Waals surface area (Å²) in [6.07, 6.45) is 8.94. The molecule has 0 unspecified atom stereocenters. The Morgan fingerprint density at radius 1 is 1.53 bits per heavy atom. The second kappa shape index (κ2) is 6.07. The molecule has 0 saturated carbocycles. The van der Waals surface area contributed by atoms with Crippen LogP contribution >= 0.6 is 0 Å². The molecule has 1 atom stereocenters. The van der Waals surface area contributed by atoms with Crippen molar-refractivity contribution in [3.8, 4) is 12.3 Å². The van der Waals surface area contributed by atoms with Gasteiger partial charge in [-0.3, -0.25) is 9.69 Å². The Hall–Kier alpha value is -1.01. The molecular weight excluding hydrogens is 214 g/mol. The van der Waals surface area contributed by atoms with Crippen molar-refractivity contribution in [1.29, 1.82) is 0 Å². The van der Waals surface area contributed by atoms with E-state index in [0.717, 1.165) is 38.8 Å². The average Bonchev–Trinajstić information content (AvgIpc) is 2.64.